The van der Waals surface area contributed by atoms with Crippen molar-refractivity contribution in [2.75, 3.05) is 19.6 Å². The van der Waals surface area contributed by atoms with Crippen LogP contribution in [0.3, 0.4) is 0 Å². The Morgan fingerprint density at radius 2 is 1.96 bits per heavy atom. The Kier molecular flexibility index (Phi) is 5.00. The van der Waals surface area contributed by atoms with Crippen molar-refractivity contribution < 1.29 is 9.70 Å². The molecule has 2 unspecified atom stereocenters. The van der Waals surface area contributed by atoms with Gasteiger partial charge in [-0.15, -0.1) is 5.01 Å². The Balaban J connectivity index is 1.77. The van der Waals surface area contributed by atoms with E-state index in [9.17, 15) is 5.11 Å². The zero-order valence-electron chi connectivity index (χ0n) is 13.5. The number of aliphatic hydroxyl groups is 1. The zero-order chi connectivity index (χ0) is 16.5. The van der Waals surface area contributed by atoms with Gasteiger partial charge in [0.2, 0.25) is 6.34 Å². The molecule has 126 valence electrons. The lowest BCUT2D eigenvalue weighted by atomic mass is 10.0. The predicted octanol–water partition coefficient (Wildman–Crippen LogP) is 3.42. The van der Waals surface area contributed by atoms with Gasteiger partial charge in [0, 0.05) is 11.4 Å². The van der Waals surface area contributed by atoms with E-state index < -0.39 is 5.60 Å². The smallest absolute Gasteiger partial charge is 0.207 e. The van der Waals surface area contributed by atoms with E-state index in [-0.39, 0.29) is 6.17 Å². The molecule has 1 fully saturated rings. The molecule has 2 aliphatic rings. The second-order valence-electron chi connectivity index (χ2n) is 6.94. The van der Waals surface area contributed by atoms with Crippen LogP contribution in [0.4, 0.5) is 0 Å². The third-order valence-corrected chi connectivity index (χ3v) is 5.72. The molecule has 0 spiro atoms. The van der Waals surface area contributed by atoms with Gasteiger partial charge in [-0.1, -0.05) is 48.2 Å². The normalized spacial score (nSPS) is 30.2. The maximum Gasteiger partial charge on any atom is 0.207 e. The highest BCUT2D eigenvalue weighted by Gasteiger charge is 2.46. The van der Waals surface area contributed by atoms with Crippen molar-refractivity contribution in [3.05, 3.63) is 34.9 Å². The van der Waals surface area contributed by atoms with Crippen LogP contribution in [-0.2, 0) is 6.42 Å². The molecule has 1 aromatic rings. The highest BCUT2D eigenvalue weighted by atomic mass is 35.5. The van der Waals surface area contributed by atoms with Crippen LogP contribution in [0, 0.1) is 0 Å². The third kappa shape index (κ3) is 3.72. The molecule has 0 saturated heterocycles. The van der Waals surface area contributed by atoms with E-state index in [2.05, 4.69) is 10.0 Å². The molecule has 1 aromatic carbocycles. The monoisotopic (exact) mass is 356 g/mol. The average molecular weight is 357 g/mol. The largest absolute Gasteiger partial charge is 0.388 e. The molecule has 3 rings (SSSR count). The summed E-state index contributed by atoms with van der Waals surface area (Å²) in [5, 5.41) is 13.8. The number of hydrogen-bond donors (Lipinski definition) is 1. The quantitative estimate of drug-likeness (QED) is 0.498. The van der Waals surface area contributed by atoms with Gasteiger partial charge in [-0.05, 0) is 30.5 Å². The Labute approximate surface area is 147 Å². The lowest BCUT2D eigenvalue weighted by molar-refractivity contribution is -0.925. The maximum absolute atomic E-state index is 10.8. The molecule has 0 bridgehead atoms. The highest BCUT2D eigenvalue weighted by molar-refractivity contribution is 6.30. The van der Waals surface area contributed by atoms with E-state index in [0.29, 0.717) is 17.1 Å². The number of hydrogen-bond acceptors (Lipinski definition) is 3. The second kappa shape index (κ2) is 6.69. The van der Waals surface area contributed by atoms with Crippen molar-refractivity contribution in [2.24, 2.45) is 4.99 Å². The van der Waals surface area contributed by atoms with E-state index in [0.717, 1.165) is 37.1 Å². The van der Waals surface area contributed by atoms with Crippen molar-refractivity contribution in [1.29, 1.82) is 0 Å². The van der Waals surface area contributed by atoms with Gasteiger partial charge >= 0.3 is 0 Å². The molecular weight excluding hydrogens is 333 g/mol. The standard InChI is InChI=1S/C17H24Cl2N3O/c1-22(12-18)13-20-16(10-14-4-6-15(19)7-5-14)21(22)11-17(23)8-2-3-9-17/h4-7,13,16,23H,2-3,8-12H2,1H3/q+1. The van der Waals surface area contributed by atoms with Crippen LogP contribution in [0.5, 0.6) is 0 Å². The third-order valence-electron chi connectivity index (χ3n) is 4.98. The lowest BCUT2D eigenvalue weighted by Crippen LogP contribution is -2.59. The minimum Gasteiger partial charge on any atom is -0.388 e. The molecule has 2 atom stereocenters. The van der Waals surface area contributed by atoms with E-state index in [4.69, 9.17) is 23.2 Å². The molecule has 1 aliphatic heterocycles. The number of rotatable bonds is 5. The van der Waals surface area contributed by atoms with Crippen LogP contribution in [0.15, 0.2) is 29.3 Å². The van der Waals surface area contributed by atoms with Crippen molar-refractivity contribution >= 4 is 29.5 Å². The van der Waals surface area contributed by atoms with Crippen LogP contribution < -0.4 is 0 Å². The average Bonchev–Trinajstić information content (AvgIpc) is 3.09. The van der Waals surface area contributed by atoms with E-state index in [1.54, 1.807) is 0 Å². The number of nitrogens with zero attached hydrogens (tertiary/aromatic N) is 3. The van der Waals surface area contributed by atoms with Crippen molar-refractivity contribution in [3.63, 3.8) is 0 Å². The Morgan fingerprint density at radius 1 is 1.30 bits per heavy atom. The molecule has 0 radical (unpaired) electrons. The van der Waals surface area contributed by atoms with E-state index in [1.165, 1.54) is 5.56 Å². The maximum atomic E-state index is 10.8. The van der Waals surface area contributed by atoms with Crippen LogP contribution in [0.2, 0.25) is 5.02 Å². The molecule has 0 aromatic heterocycles. The Bertz CT molecular complexity index is 572. The predicted molar refractivity (Wildman–Crippen MR) is 94.5 cm³/mol. The van der Waals surface area contributed by atoms with Gasteiger partial charge in [0.15, 0.2) is 12.2 Å². The van der Waals surface area contributed by atoms with E-state index in [1.807, 2.05) is 37.7 Å². The van der Waals surface area contributed by atoms with E-state index >= 15 is 0 Å². The van der Waals surface area contributed by atoms with Crippen molar-refractivity contribution in [3.8, 4) is 0 Å². The fourth-order valence-corrected chi connectivity index (χ4v) is 3.84. The summed E-state index contributed by atoms with van der Waals surface area (Å²) >= 11 is 12.2. The number of benzene rings is 1. The van der Waals surface area contributed by atoms with Gasteiger partial charge < -0.3 is 5.11 Å². The Morgan fingerprint density at radius 3 is 2.57 bits per heavy atom. The molecule has 6 heteroatoms. The summed E-state index contributed by atoms with van der Waals surface area (Å²) in [4.78, 5) is 4.68. The Hall–Kier alpha value is -0.650. The zero-order valence-corrected chi connectivity index (χ0v) is 15.0. The van der Waals surface area contributed by atoms with Gasteiger partial charge in [-0.2, -0.15) is 4.59 Å². The SMILES string of the molecule is C[N+]1(CCl)C=NC(Cc2ccc(Cl)cc2)N1CC1(O)CCCC1. The molecule has 1 aliphatic carbocycles. The number of β-amino-alcohol motifs (C(OH)–C–C–N with tert-alkyl or cyclic N) is 1. The summed E-state index contributed by atoms with van der Waals surface area (Å²) in [7, 11) is 2.04. The molecule has 0 amide bonds. The van der Waals surface area contributed by atoms with Crippen LogP contribution in [-0.4, -0.2) is 52.4 Å². The fraction of sp³-hybridized carbons (Fsp3) is 0.588. The van der Waals surface area contributed by atoms with Crippen molar-refractivity contribution in [2.45, 2.75) is 43.9 Å². The number of aliphatic imine (C=N–C) groups is 1. The van der Waals surface area contributed by atoms with Crippen LogP contribution >= 0.6 is 23.2 Å². The lowest BCUT2D eigenvalue weighted by Gasteiger charge is -2.39. The molecule has 4 nitrogen and oxygen atoms in total. The molecule has 23 heavy (non-hydrogen) atoms. The summed E-state index contributed by atoms with van der Waals surface area (Å²) in [6.07, 6.45) is 6.58. The van der Waals surface area contributed by atoms with Crippen LogP contribution in [0.1, 0.15) is 31.2 Å². The summed E-state index contributed by atoms with van der Waals surface area (Å²) in [5.41, 5.74) is 0.570. The van der Waals surface area contributed by atoms with Gasteiger partial charge in [0.05, 0.1) is 19.2 Å². The molecular formula is C17H24Cl2N3O+. The summed E-state index contributed by atoms with van der Waals surface area (Å²) in [5.74, 6) is 0. The highest BCUT2D eigenvalue weighted by Crippen LogP contribution is 2.34. The van der Waals surface area contributed by atoms with Gasteiger partial charge in [-0.3, -0.25) is 0 Å². The number of alkyl halides is 1. The first-order valence-corrected chi connectivity index (χ1v) is 9.05. The fourth-order valence-electron chi connectivity index (χ4n) is 3.52. The molecule has 1 saturated carbocycles. The molecule has 1 heterocycles. The van der Waals surface area contributed by atoms with Crippen molar-refractivity contribution in [1.82, 2.24) is 5.01 Å². The first-order chi connectivity index (χ1) is 10.9. The first-order valence-electron chi connectivity index (χ1n) is 8.14. The van der Waals surface area contributed by atoms with Gasteiger partial charge in [0.25, 0.3) is 0 Å². The number of quaternary nitrogens is 1. The first kappa shape index (κ1) is 17.2. The van der Waals surface area contributed by atoms with Gasteiger partial charge in [-0.25, -0.2) is 4.99 Å². The summed E-state index contributed by atoms with van der Waals surface area (Å²) in [6, 6.07) is 8.28. The van der Waals surface area contributed by atoms with Crippen LogP contribution in [0.25, 0.3) is 0 Å². The minimum atomic E-state index is -0.614. The summed E-state index contributed by atoms with van der Waals surface area (Å²) < 4.78 is 0.433. The molecule has 1 N–H and O–H groups in total. The number of halogens is 2. The summed E-state index contributed by atoms with van der Waals surface area (Å²) in [6.45, 7) is 0.606. The minimum absolute atomic E-state index is 0.00968. The topological polar surface area (TPSA) is 35.8 Å². The van der Waals surface area contributed by atoms with Gasteiger partial charge in [0.1, 0.15) is 0 Å². The second-order valence-corrected chi connectivity index (χ2v) is 7.61.